The van der Waals surface area contributed by atoms with E-state index in [2.05, 4.69) is 35.3 Å². The Balaban J connectivity index is 4.58. The van der Waals surface area contributed by atoms with Gasteiger partial charge in [-0.3, -0.25) is 4.79 Å². The van der Waals surface area contributed by atoms with Gasteiger partial charge in [-0.25, -0.2) is 4.79 Å². The molecule has 82 valence electrons. The van der Waals surface area contributed by atoms with Crippen molar-refractivity contribution in [1.82, 2.24) is 5.32 Å². The first-order valence-corrected chi connectivity index (χ1v) is 5.11. The third-order valence-electron chi connectivity index (χ3n) is 1.59. The normalized spacial score (nSPS) is 13.2. The van der Waals surface area contributed by atoms with Crippen LogP contribution in [-0.2, 0) is 14.3 Å². The van der Waals surface area contributed by atoms with Gasteiger partial charge in [-0.05, 0) is 13.8 Å². The molecule has 0 aliphatic heterocycles. The van der Waals surface area contributed by atoms with E-state index in [1.807, 2.05) is 0 Å². The van der Waals surface area contributed by atoms with Crippen LogP contribution in [0.15, 0.2) is 0 Å². The van der Waals surface area contributed by atoms with Crippen LogP contribution in [0.1, 0.15) is 13.8 Å². The molecule has 0 radical (unpaired) electrons. The lowest BCUT2D eigenvalue weighted by atomic mass is 10.0. The first-order valence-electron chi connectivity index (χ1n) is 4.03. The lowest BCUT2D eigenvalue weighted by Crippen LogP contribution is -2.52. The van der Waals surface area contributed by atoms with Gasteiger partial charge in [0.25, 0.3) is 0 Å². The highest BCUT2D eigenvalue weighted by molar-refractivity contribution is 7.82. The molecule has 0 fully saturated rings. The number of hydrogen-bond acceptors (Lipinski definition) is 5. The van der Waals surface area contributed by atoms with Crippen molar-refractivity contribution in [2.45, 2.75) is 24.6 Å². The van der Waals surface area contributed by atoms with Gasteiger partial charge in [0.1, 0.15) is 6.04 Å². The zero-order chi connectivity index (χ0) is 11.4. The Bertz CT molecular complexity index is 225. The van der Waals surface area contributed by atoms with Crippen molar-refractivity contribution in [3.05, 3.63) is 0 Å². The van der Waals surface area contributed by atoms with E-state index in [1.54, 1.807) is 13.8 Å². The van der Waals surface area contributed by atoms with Crippen LogP contribution in [0.3, 0.4) is 0 Å². The van der Waals surface area contributed by atoms with E-state index in [9.17, 15) is 9.59 Å². The number of ether oxygens (including phenoxy) is 1. The fraction of sp³-hybridized carbons (Fsp3) is 0.750. The monoisotopic (exact) mass is 237 g/mol. The minimum atomic E-state index is -0.768. The van der Waals surface area contributed by atoms with E-state index >= 15 is 0 Å². The number of hydrogen-bond donors (Lipinski definition) is 3. The van der Waals surface area contributed by atoms with Crippen molar-refractivity contribution in [3.63, 3.8) is 0 Å². The largest absolute Gasteiger partial charge is 0.467 e. The predicted molar refractivity (Wildman–Crippen MR) is 60.9 cm³/mol. The summed E-state index contributed by atoms with van der Waals surface area (Å²) in [7, 11) is 1.27. The molecular weight excluding hydrogens is 222 g/mol. The van der Waals surface area contributed by atoms with Crippen LogP contribution >= 0.6 is 25.3 Å². The fourth-order valence-electron chi connectivity index (χ4n) is 0.848. The molecule has 0 spiro atoms. The van der Waals surface area contributed by atoms with Gasteiger partial charge in [-0.2, -0.15) is 25.3 Å². The van der Waals surface area contributed by atoms with Crippen molar-refractivity contribution >= 4 is 37.1 Å². The zero-order valence-corrected chi connectivity index (χ0v) is 10.2. The Morgan fingerprint density at radius 3 is 2.29 bits per heavy atom. The topological polar surface area (TPSA) is 55.4 Å². The molecule has 0 aliphatic rings. The standard InChI is InChI=1S/C8H15NO3S2/c1-8(2,14)6(7(11)12-3)9-5(10)4-13/h6,13-14H,4H2,1-3H3,(H,9,10). The highest BCUT2D eigenvalue weighted by Gasteiger charge is 2.34. The molecule has 0 aromatic carbocycles. The smallest absolute Gasteiger partial charge is 0.329 e. The molecule has 0 bridgehead atoms. The molecule has 0 aromatic rings. The lowest BCUT2D eigenvalue weighted by Gasteiger charge is -2.27. The number of thiol groups is 2. The van der Waals surface area contributed by atoms with Gasteiger partial charge < -0.3 is 10.1 Å². The molecule has 1 amide bonds. The van der Waals surface area contributed by atoms with Crippen LogP contribution in [-0.4, -0.2) is 35.5 Å². The Morgan fingerprint density at radius 2 is 2.00 bits per heavy atom. The molecular formula is C8H15NO3S2. The van der Waals surface area contributed by atoms with E-state index in [-0.39, 0.29) is 11.7 Å². The summed E-state index contributed by atoms with van der Waals surface area (Å²) in [6, 6.07) is -0.768. The van der Waals surface area contributed by atoms with E-state index < -0.39 is 16.8 Å². The molecule has 1 N–H and O–H groups in total. The van der Waals surface area contributed by atoms with E-state index in [1.165, 1.54) is 7.11 Å². The zero-order valence-electron chi connectivity index (χ0n) is 8.40. The maximum atomic E-state index is 11.3. The molecule has 1 unspecified atom stereocenters. The molecule has 0 saturated heterocycles. The summed E-state index contributed by atoms with van der Waals surface area (Å²) in [6.07, 6.45) is 0. The van der Waals surface area contributed by atoms with Crippen LogP contribution in [0.4, 0.5) is 0 Å². The molecule has 0 aliphatic carbocycles. The Morgan fingerprint density at radius 1 is 1.50 bits per heavy atom. The highest BCUT2D eigenvalue weighted by Crippen LogP contribution is 2.18. The number of esters is 1. The van der Waals surface area contributed by atoms with E-state index in [4.69, 9.17) is 0 Å². The number of carbonyl (C=O) groups excluding carboxylic acids is 2. The van der Waals surface area contributed by atoms with Gasteiger partial charge in [-0.15, -0.1) is 0 Å². The molecule has 0 aromatic heterocycles. The molecule has 0 heterocycles. The molecule has 4 nitrogen and oxygen atoms in total. The van der Waals surface area contributed by atoms with Crippen molar-refractivity contribution in [2.75, 3.05) is 12.9 Å². The molecule has 14 heavy (non-hydrogen) atoms. The minimum absolute atomic E-state index is 0.0252. The second-order valence-electron chi connectivity index (χ2n) is 3.34. The summed E-state index contributed by atoms with van der Waals surface area (Å²) in [5, 5.41) is 2.49. The van der Waals surface area contributed by atoms with Gasteiger partial charge >= 0.3 is 5.97 Å². The van der Waals surface area contributed by atoms with Crippen LogP contribution in [0.5, 0.6) is 0 Å². The number of carbonyl (C=O) groups is 2. The summed E-state index contributed by atoms with van der Waals surface area (Å²) in [4.78, 5) is 22.4. The van der Waals surface area contributed by atoms with Gasteiger partial charge in [0.15, 0.2) is 0 Å². The average Bonchev–Trinajstić information content (AvgIpc) is 2.10. The molecule has 0 rings (SSSR count). The summed E-state index contributed by atoms with van der Waals surface area (Å²) in [6.45, 7) is 3.44. The third-order valence-corrected chi connectivity index (χ3v) is 2.14. The quantitative estimate of drug-likeness (QED) is 0.486. The summed E-state index contributed by atoms with van der Waals surface area (Å²) < 4.78 is 3.88. The second-order valence-corrected chi connectivity index (χ2v) is 4.80. The van der Waals surface area contributed by atoms with Crippen LogP contribution in [0.25, 0.3) is 0 Å². The number of amides is 1. The summed E-state index contributed by atoms with van der Waals surface area (Å²) in [5.74, 6) is -0.817. The van der Waals surface area contributed by atoms with Crippen LogP contribution in [0.2, 0.25) is 0 Å². The summed E-state index contributed by atoms with van der Waals surface area (Å²) >= 11 is 8.01. The van der Waals surface area contributed by atoms with Gasteiger partial charge in [-0.1, -0.05) is 0 Å². The second kappa shape index (κ2) is 5.50. The first-order chi connectivity index (χ1) is 6.32. The highest BCUT2D eigenvalue weighted by atomic mass is 32.1. The first kappa shape index (κ1) is 13.6. The number of methoxy groups -OCH3 is 1. The van der Waals surface area contributed by atoms with Gasteiger partial charge in [0.05, 0.1) is 12.9 Å². The minimum Gasteiger partial charge on any atom is -0.467 e. The third kappa shape index (κ3) is 4.23. The van der Waals surface area contributed by atoms with Crippen molar-refractivity contribution in [3.8, 4) is 0 Å². The molecule has 0 saturated carbocycles. The van der Waals surface area contributed by atoms with Gasteiger partial charge in [0, 0.05) is 4.75 Å². The van der Waals surface area contributed by atoms with E-state index in [0.717, 1.165) is 0 Å². The van der Waals surface area contributed by atoms with Crippen molar-refractivity contribution in [1.29, 1.82) is 0 Å². The Hall–Kier alpha value is -0.360. The SMILES string of the molecule is COC(=O)C(NC(=O)CS)C(C)(C)S. The van der Waals surface area contributed by atoms with Gasteiger partial charge in [0.2, 0.25) is 5.91 Å². The summed E-state index contributed by atoms with van der Waals surface area (Å²) in [5.41, 5.74) is 0. The van der Waals surface area contributed by atoms with Crippen molar-refractivity contribution in [2.24, 2.45) is 0 Å². The van der Waals surface area contributed by atoms with Crippen molar-refractivity contribution < 1.29 is 14.3 Å². The predicted octanol–water partition coefficient (Wildman–Crippen LogP) is 0.282. The van der Waals surface area contributed by atoms with Crippen LogP contribution in [0, 0.1) is 0 Å². The maximum absolute atomic E-state index is 11.3. The average molecular weight is 237 g/mol. The molecule has 6 heteroatoms. The Labute approximate surface area is 94.6 Å². The number of rotatable bonds is 4. The van der Waals surface area contributed by atoms with E-state index in [0.29, 0.717) is 0 Å². The maximum Gasteiger partial charge on any atom is 0.329 e. The van der Waals surface area contributed by atoms with Crippen LogP contribution < -0.4 is 5.32 Å². The molecule has 1 atom stereocenters. The fourth-order valence-corrected chi connectivity index (χ4v) is 1.11. The number of nitrogens with one attached hydrogen (secondary N) is 1. The lowest BCUT2D eigenvalue weighted by molar-refractivity contribution is -0.145. The Kier molecular flexibility index (Phi) is 5.36.